The van der Waals surface area contributed by atoms with Crippen molar-refractivity contribution in [3.63, 3.8) is 0 Å². The van der Waals surface area contributed by atoms with Crippen LogP contribution < -0.4 is 5.72 Å². The molecule has 0 bridgehead atoms. The van der Waals surface area contributed by atoms with E-state index in [0.29, 0.717) is 0 Å². The van der Waals surface area contributed by atoms with Gasteiger partial charge in [-0.2, -0.15) is 0 Å². The molecule has 13 heavy (non-hydrogen) atoms. The van der Waals surface area contributed by atoms with Crippen molar-refractivity contribution in [1.29, 1.82) is 2.86 Å². The number of benzene rings is 1. The number of carboxylic acid groups (broad SMARTS) is 1. The lowest BCUT2D eigenvalue weighted by molar-refractivity contribution is -0.138. The van der Waals surface area contributed by atoms with Crippen LogP contribution >= 0.6 is 0 Å². The Bertz CT molecular complexity index is 638. The molecule has 4 N–H and O–H groups in total. The van der Waals surface area contributed by atoms with E-state index >= 15 is 0 Å². The third-order valence-electron chi connectivity index (χ3n) is 1.04. The molecule has 4 heteroatoms. The van der Waals surface area contributed by atoms with Crippen molar-refractivity contribution in [3.05, 3.63) is 29.7 Å². The number of aromatic hydroxyl groups is 1. The van der Waals surface area contributed by atoms with Crippen LogP contribution in [0.2, 0.25) is 2.82 Å². The molecule has 4 nitrogen and oxygen atoms in total. The SMILES string of the molecule is [2H]OC(=O)[C@]([2H])(N([2H])[2H])C([2H])([2H])c1c([2H])c([2H])c(O[2H])c([2H])c1[2H]. The van der Waals surface area contributed by atoms with Crippen LogP contribution in [0.3, 0.4) is 0 Å². The van der Waals surface area contributed by atoms with Crippen molar-refractivity contribution in [2.24, 2.45) is 5.72 Å². The van der Waals surface area contributed by atoms with Crippen molar-refractivity contribution >= 4 is 5.97 Å². The van der Waals surface area contributed by atoms with E-state index in [4.69, 9.17) is 15.3 Å². The van der Waals surface area contributed by atoms with Gasteiger partial charge in [0.1, 0.15) is 14.6 Å². The number of aliphatic carboxylic acids is 1. The summed E-state index contributed by atoms with van der Waals surface area (Å²) in [6, 6.07) is -7.57. The molecule has 0 radical (unpaired) electrons. The lowest BCUT2D eigenvalue weighted by Crippen LogP contribution is -2.32. The van der Waals surface area contributed by atoms with Crippen molar-refractivity contribution in [3.8, 4) is 5.75 Å². The highest BCUT2D eigenvalue weighted by molar-refractivity contribution is 5.73. The Labute approximate surface area is 91.4 Å². The highest BCUT2D eigenvalue weighted by Gasteiger charge is 2.11. The molecule has 0 amide bonds. The van der Waals surface area contributed by atoms with Crippen LogP contribution in [-0.4, -0.2) is 23.6 Å². The Morgan fingerprint density at radius 2 is 2.62 bits per heavy atom. The van der Waals surface area contributed by atoms with Gasteiger partial charge in [-0.15, -0.1) is 0 Å². The summed E-state index contributed by atoms with van der Waals surface area (Å²) in [5.74, 6) is -2.79. The average Bonchev–Trinajstić information content (AvgIpc) is 2.51. The van der Waals surface area contributed by atoms with E-state index in [0.717, 1.165) is 0 Å². The average molecular weight is 192 g/mol. The minimum absolute atomic E-state index is 0.703. The molecule has 1 atom stereocenters. The second kappa shape index (κ2) is 3.91. The Morgan fingerprint density at radius 1 is 1.85 bits per heavy atom. The molecule has 1 rings (SSSR count). The molecule has 70 valence electrons. The number of nitrogens with two attached hydrogens (primary N) is 1. The maximum Gasteiger partial charge on any atom is 0.320 e. The van der Waals surface area contributed by atoms with Crippen LogP contribution in [0, 0.1) is 0 Å². The second-order valence-electron chi connectivity index (χ2n) is 1.97. The van der Waals surface area contributed by atoms with Crippen molar-refractivity contribution in [2.75, 3.05) is 0 Å². The molecule has 0 aliphatic heterocycles. The van der Waals surface area contributed by atoms with Gasteiger partial charge < -0.3 is 15.9 Å². The summed E-state index contributed by atoms with van der Waals surface area (Å²) in [6.45, 7) is 0. The standard InChI is InChI=1S/C9H11NO3/c10-8(9(12)13)5-6-1-3-7(11)4-2-6/h1-4,8,11H,5,10H2,(H,12,13)/t8-/m1/s1/i1D,2D,3D,4D,5D2,8D/hD4. The molecule has 1 aromatic rings. The van der Waals surface area contributed by atoms with Crippen molar-refractivity contribution in [2.45, 2.75) is 12.4 Å². The highest BCUT2D eigenvalue weighted by atomic mass is 16.4. The number of carboxylic acids is 1. The van der Waals surface area contributed by atoms with Gasteiger partial charge in [-0.25, -0.2) is 0 Å². The first kappa shape index (κ1) is 2.48. The van der Waals surface area contributed by atoms with E-state index in [1.165, 1.54) is 0 Å². The minimum Gasteiger partial charge on any atom is -0.508 e. The summed E-state index contributed by atoms with van der Waals surface area (Å²) in [6.07, 6.45) is -3.46. The van der Waals surface area contributed by atoms with Crippen LogP contribution in [0.1, 0.15) is 15.2 Å². The van der Waals surface area contributed by atoms with E-state index in [2.05, 4.69) is 10.2 Å². The topological polar surface area (TPSA) is 83.5 Å². The van der Waals surface area contributed by atoms with Gasteiger partial charge in [-0.05, 0) is 24.0 Å². The van der Waals surface area contributed by atoms with Gasteiger partial charge >= 0.3 is 5.97 Å². The second-order valence-corrected chi connectivity index (χ2v) is 1.97. The number of hydrogen-bond acceptors (Lipinski definition) is 4. The van der Waals surface area contributed by atoms with Crippen LogP contribution in [-0.2, 0) is 11.2 Å². The Balaban J connectivity index is 3.85. The molecule has 0 aliphatic carbocycles. The molecular weight excluding hydrogens is 170 g/mol. The maximum atomic E-state index is 11.6. The van der Waals surface area contributed by atoms with Gasteiger partial charge in [-0.3, -0.25) is 4.79 Å². The smallest absolute Gasteiger partial charge is 0.320 e. The van der Waals surface area contributed by atoms with E-state index in [1.807, 2.05) is 0 Å². The quantitative estimate of drug-likeness (QED) is 0.628. The third kappa shape index (κ3) is 2.76. The third-order valence-corrected chi connectivity index (χ3v) is 1.04. The number of carbonyl (C=O) groups is 1. The molecule has 0 saturated carbocycles. The minimum atomic E-state index is -3.53. The maximum absolute atomic E-state index is 11.6. The van der Waals surface area contributed by atoms with E-state index in [1.54, 1.807) is 0 Å². The summed E-state index contributed by atoms with van der Waals surface area (Å²) in [7, 11) is 0. The fourth-order valence-corrected chi connectivity index (χ4v) is 0.533. The largest absolute Gasteiger partial charge is 0.508 e. The van der Waals surface area contributed by atoms with Gasteiger partial charge in [0.15, 0.2) is 0 Å². The molecule has 0 heterocycles. The summed E-state index contributed by atoms with van der Waals surface area (Å²) >= 11 is 0. The Kier molecular flexibility index (Phi) is 0.746. The molecule has 1 aromatic carbocycles. The van der Waals surface area contributed by atoms with Crippen LogP contribution in [0.5, 0.6) is 5.75 Å². The van der Waals surface area contributed by atoms with Crippen LogP contribution in [0.4, 0.5) is 0 Å². The molecule has 0 spiro atoms. The predicted molar refractivity (Wildman–Crippen MR) is 47.4 cm³/mol. The molecule has 0 saturated heterocycles. The first-order valence-corrected chi connectivity index (χ1v) is 3.09. The molecule has 0 unspecified atom stereocenters. The van der Waals surface area contributed by atoms with Crippen molar-refractivity contribution in [1.82, 2.24) is 0 Å². The number of phenols is 1. The zero-order valence-electron chi connectivity index (χ0n) is 17.2. The van der Waals surface area contributed by atoms with E-state index in [9.17, 15) is 4.79 Å². The van der Waals surface area contributed by atoms with Crippen LogP contribution in [0.15, 0.2) is 24.2 Å². The zero-order valence-corrected chi connectivity index (χ0v) is 6.17. The Morgan fingerprint density at radius 3 is 3.15 bits per heavy atom. The normalized spacial score (nSPS) is 27.6. The van der Waals surface area contributed by atoms with E-state index in [-0.39, 0.29) is 0 Å². The Hall–Kier alpha value is -1.55. The molecule has 0 aliphatic rings. The van der Waals surface area contributed by atoms with Crippen molar-refractivity contribution < 1.29 is 27.4 Å². The van der Waals surface area contributed by atoms with E-state index < -0.39 is 59.6 Å². The van der Waals surface area contributed by atoms with Gasteiger partial charge in [0.05, 0.1) is 6.85 Å². The summed E-state index contributed by atoms with van der Waals surface area (Å²) in [4.78, 5) is 11.6. The predicted octanol–water partition coefficient (Wildman–Crippen LogP) is 0.347. The highest BCUT2D eigenvalue weighted by Crippen LogP contribution is 2.10. The number of hydrogen-bond donors (Lipinski definition) is 3. The van der Waals surface area contributed by atoms with Gasteiger partial charge in [-0.1, -0.05) is 12.1 Å². The van der Waals surface area contributed by atoms with Crippen LogP contribution in [0.25, 0.3) is 1.43 Å². The molecule has 0 aromatic heterocycles. The summed E-state index contributed by atoms with van der Waals surface area (Å²) in [5, 5.41) is 7.47. The lowest BCUT2D eigenvalue weighted by Gasteiger charge is -2.05. The number of rotatable bonds is 5. The van der Waals surface area contributed by atoms with Gasteiger partial charge in [0.25, 0.3) is 2.86 Å². The zero-order chi connectivity index (χ0) is 19.0. The fourth-order valence-electron chi connectivity index (χ4n) is 0.533. The first-order chi connectivity index (χ1) is 10.9. The van der Waals surface area contributed by atoms with Gasteiger partial charge in [0, 0.05) is 2.74 Å². The number of phenolic OH excluding ortho intramolecular Hbond substituents is 1. The summed E-state index contributed by atoms with van der Waals surface area (Å²) < 4.78 is 81.7. The van der Waals surface area contributed by atoms with Gasteiger partial charge in [0.2, 0.25) is 0 Å². The first-order valence-electron chi connectivity index (χ1n) is 8.30. The molecular formula is C9H11NO3. The molecule has 0 fully saturated rings. The monoisotopic (exact) mass is 192 g/mol. The summed E-state index contributed by atoms with van der Waals surface area (Å²) in [5.41, 5.74) is -1.83. The fraction of sp³-hybridized carbons (Fsp3) is 0.222. The lowest BCUT2D eigenvalue weighted by atomic mass is 10.1.